The molecule has 5 heteroatoms. The van der Waals surface area contributed by atoms with Gasteiger partial charge in [0, 0.05) is 5.39 Å². The summed E-state index contributed by atoms with van der Waals surface area (Å²) in [5.41, 5.74) is 0. The predicted molar refractivity (Wildman–Crippen MR) is 88.3 cm³/mol. The molecular formula is C19H16F2O3. The van der Waals surface area contributed by atoms with Crippen LogP contribution >= 0.6 is 0 Å². The Morgan fingerprint density at radius 2 is 1.88 bits per heavy atom. The molecular weight excluding hydrogens is 314 g/mol. The first-order chi connectivity index (χ1) is 11.6. The number of carbonyl (C=O) groups excluding carboxylic acids is 1. The molecule has 0 aliphatic heterocycles. The lowest BCUT2D eigenvalue weighted by atomic mass is 10.0. The van der Waals surface area contributed by atoms with E-state index in [1.54, 1.807) is 18.2 Å². The maximum Gasteiger partial charge on any atom is 0.513 e. The van der Waals surface area contributed by atoms with Crippen molar-refractivity contribution in [3.63, 3.8) is 0 Å². The van der Waals surface area contributed by atoms with Crippen molar-refractivity contribution in [2.75, 3.05) is 6.61 Å². The lowest BCUT2D eigenvalue weighted by Gasteiger charge is -2.12. The fourth-order valence-electron chi connectivity index (χ4n) is 2.57. The molecule has 3 aromatic carbocycles. The smallest absolute Gasteiger partial charge is 0.434 e. The number of benzene rings is 3. The molecule has 3 rings (SSSR count). The summed E-state index contributed by atoms with van der Waals surface area (Å²) in [6.45, 7) is 2.18. The molecule has 124 valence electrons. The third-order valence-corrected chi connectivity index (χ3v) is 3.77. The average molecular weight is 330 g/mol. The SMILES string of the molecule is CCCCOC(=O)Oc1c2ccccc2cc2ccc(F)c(F)c12. The van der Waals surface area contributed by atoms with E-state index in [1.165, 1.54) is 6.07 Å². The first kappa shape index (κ1) is 16.2. The number of hydrogen-bond donors (Lipinski definition) is 0. The van der Waals surface area contributed by atoms with E-state index >= 15 is 0 Å². The topological polar surface area (TPSA) is 35.5 Å². The summed E-state index contributed by atoms with van der Waals surface area (Å²) in [6, 6.07) is 11.3. The van der Waals surface area contributed by atoms with Gasteiger partial charge in [-0.25, -0.2) is 13.6 Å². The average Bonchev–Trinajstić information content (AvgIpc) is 2.58. The highest BCUT2D eigenvalue weighted by atomic mass is 19.2. The van der Waals surface area contributed by atoms with E-state index in [1.807, 2.05) is 19.1 Å². The number of carbonyl (C=O) groups is 1. The molecule has 0 amide bonds. The molecule has 0 spiro atoms. The maximum atomic E-state index is 14.3. The number of unbranched alkanes of at least 4 members (excludes halogenated alkanes) is 1. The first-order valence-electron chi connectivity index (χ1n) is 7.76. The number of rotatable bonds is 4. The van der Waals surface area contributed by atoms with Crippen molar-refractivity contribution >= 4 is 27.7 Å². The molecule has 0 N–H and O–H groups in total. The first-order valence-corrected chi connectivity index (χ1v) is 7.76. The highest BCUT2D eigenvalue weighted by Crippen LogP contribution is 2.37. The Bertz CT molecular complexity index is 906. The quantitative estimate of drug-likeness (QED) is 0.271. The molecule has 0 aliphatic rings. The highest BCUT2D eigenvalue weighted by Gasteiger charge is 2.19. The molecule has 0 unspecified atom stereocenters. The van der Waals surface area contributed by atoms with Gasteiger partial charge in [-0.1, -0.05) is 43.7 Å². The molecule has 24 heavy (non-hydrogen) atoms. The minimum atomic E-state index is -1.05. The van der Waals surface area contributed by atoms with E-state index in [9.17, 15) is 13.6 Å². The summed E-state index contributed by atoms with van der Waals surface area (Å²) in [5.74, 6) is -2.07. The summed E-state index contributed by atoms with van der Waals surface area (Å²) in [5, 5.41) is 1.65. The molecule has 0 aliphatic carbocycles. The molecule has 3 nitrogen and oxygen atoms in total. The van der Waals surface area contributed by atoms with Crippen LogP contribution in [-0.2, 0) is 4.74 Å². The normalized spacial score (nSPS) is 11.0. The van der Waals surface area contributed by atoms with Gasteiger partial charge in [0.15, 0.2) is 17.4 Å². The fraction of sp³-hybridized carbons (Fsp3) is 0.211. The zero-order chi connectivity index (χ0) is 17.1. The number of hydrogen-bond acceptors (Lipinski definition) is 3. The van der Waals surface area contributed by atoms with Gasteiger partial charge in [-0.2, -0.15) is 0 Å². The van der Waals surface area contributed by atoms with Gasteiger partial charge in [0.25, 0.3) is 0 Å². The monoisotopic (exact) mass is 330 g/mol. The van der Waals surface area contributed by atoms with Gasteiger partial charge in [-0.15, -0.1) is 0 Å². The van der Waals surface area contributed by atoms with Gasteiger partial charge in [0.05, 0.1) is 12.0 Å². The summed E-state index contributed by atoms with van der Waals surface area (Å²) < 4.78 is 38.2. The Labute approximate surface area is 137 Å². The van der Waals surface area contributed by atoms with Crippen LogP contribution < -0.4 is 4.74 Å². The Morgan fingerprint density at radius 3 is 2.67 bits per heavy atom. The number of halogens is 2. The van der Waals surface area contributed by atoms with E-state index in [-0.39, 0.29) is 17.7 Å². The zero-order valence-corrected chi connectivity index (χ0v) is 13.1. The second kappa shape index (κ2) is 6.83. The van der Waals surface area contributed by atoms with Crippen molar-refractivity contribution in [1.82, 2.24) is 0 Å². The Balaban J connectivity index is 2.14. The van der Waals surface area contributed by atoms with Crippen LogP contribution in [0.5, 0.6) is 5.75 Å². The minimum absolute atomic E-state index is 0.0263. The van der Waals surface area contributed by atoms with Gasteiger partial charge >= 0.3 is 6.16 Å². The predicted octanol–water partition coefficient (Wildman–Crippen LogP) is 5.59. The molecule has 0 saturated heterocycles. The molecule has 0 atom stereocenters. The maximum absolute atomic E-state index is 14.3. The second-order valence-electron chi connectivity index (χ2n) is 5.44. The lowest BCUT2D eigenvalue weighted by molar-refractivity contribution is 0.0987. The summed E-state index contributed by atoms with van der Waals surface area (Å²) >= 11 is 0. The van der Waals surface area contributed by atoms with Crippen LogP contribution in [0.3, 0.4) is 0 Å². The summed E-state index contributed by atoms with van der Waals surface area (Å²) in [6.07, 6.45) is 0.642. The van der Waals surface area contributed by atoms with Crippen LogP contribution in [0.25, 0.3) is 21.5 Å². The van der Waals surface area contributed by atoms with E-state index in [4.69, 9.17) is 9.47 Å². The highest BCUT2D eigenvalue weighted by molar-refractivity contribution is 6.06. The Morgan fingerprint density at radius 1 is 1.08 bits per heavy atom. The third-order valence-electron chi connectivity index (χ3n) is 3.77. The van der Waals surface area contributed by atoms with E-state index in [0.29, 0.717) is 17.2 Å². The lowest BCUT2D eigenvalue weighted by Crippen LogP contribution is -2.12. The van der Waals surface area contributed by atoms with Gasteiger partial charge in [0.1, 0.15) is 0 Å². The van der Waals surface area contributed by atoms with Crippen LogP contribution in [0.4, 0.5) is 13.6 Å². The molecule has 0 fully saturated rings. The fourth-order valence-corrected chi connectivity index (χ4v) is 2.57. The van der Waals surface area contributed by atoms with Crippen molar-refractivity contribution in [1.29, 1.82) is 0 Å². The van der Waals surface area contributed by atoms with Crippen LogP contribution in [0.2, 0.25) is 0 Å². The molecule has 3 aromatic rings. The Hall–Kier alpha value is -2.69. The molecule has 0 aromatic heterocycles. The minimum Gasteiger partial charge on any atom is -0.434 e. The van der Waals surface area contributed by atoms with Gasteiger partial charge < -0.3 is 9.47 Å². The second-order valence-corrected chi connectivity index (χ2v) is 5.44. The summed E-state index contributed by atoms with van der Waals surface area (Å²) in [4.78, 5) is 11.9. The van der Waals surface area contributed by atoms with Crippen molar-refractivity contribution < 1.29 is 23.0 Å². The standard InChI is InChI=1S/C19H16F2O3/c1-2-3-10-23-19(22)24-18-14-7-5-4-6-12(14)11-13-8-9-15(20)17(21)16(13)18/h4-9,11H,2-3,10H2,1H3. The van der Waals surface area contributed by atoms with Gasteiger partial charge in [-0.3, -0.25) is 0 Å². The van der Waals surface area contributed by atoms with Crippen LogP contribution in [0, 0.1) is 11.6 Å². The third kappa shape index (κ3) is 3.02. The molecule has 0 saturated carbocycles. The molecule has 0 bridgehead atoms. The van der Waals surface area contributed by atoms with Crippen LogP contribution in [-0.4, -0.2) is 12.8 Å². The van der Waals surface area contributed by atoms with E-state index < -0.39 is 17.8 Å². The largest absolute Gasteiger partial charge is 0.513 e. The van der Waals surface area contributed by atoms with Gasteiger partial charge in [0.2, 0.25) is 0 Å². The van der Waals surface area contributed by atoms with Crippen LogP contribution in [0.15, 0.2) is 42.5 Å². The molecule has 0 radical (unpaired) electrons. The van der Waals surface area contributed by atoms with Crippen molar-refractivity contribution in [3.05, 3.63) is 54.1 Å². The molecule has 0 heterocycles. The van der Waals surface area contributed by atoms with E-state index in [2.05, 4.69) is 0 Å². The Kier molecular flexibility index (Phi) is 4.60. The zero-order valence-electron chi connectivity index (χ0n) is 13.1. The van der Waals surface area contributed by atoms with E-state index in [0.717, 1.165) is 17.9 Å². The van der Waals surface area contributed by atoms with Crippen molar-refractivity contribution in [3.8, 4) is 5.75 Å². The van der Waals surface area contributed by atoms with Crippen molar-refractivity contribution in [2.45, 2.75) is 19.8 Å². The van der Waals surface area contributed by atoms with Gasteiger partial charge in [-0.05, 0) is 29.3 Å². The number of fused-ring (bicyclic) bond motifs is 2. The summed E-state index contributed by atoms with van der Waals surface area (Å²) in [7, 11) is 0. The number of ether oxygens (including phenoxy) is 2. The van der Waals surface area contributed by atoms with Crippen molar-refractivity contribution in [2.24, 2.45) is 0 Å². The van der Waals surface area contributed by atoms with Crippen LogP contribution in [0.1, 0.15) is 19.8 Å².